The van der Waals surface area contributed by atoms with Crippen LogP contribution in [0.2, 0.25) is 0 Å². The Bertz CT molecular complexity index is 1360. The summed E-state index contributed by atoms with van der Waals surface area (Å²) < 4.78 is 24.6. The zero-order valence-corrected chi connectivity index (χ0v) is 19.2. The summed E-state index contributed by atoms with van der Waals surface area (Å²) in [5, 5.41) is 5.02. The molecular weight excluding hydrogens is 447 g/mol. The largest absolute Gasteiger partial charge is 0.381 e. The molecule has 0 saturated carbocycles. The van der Waals surface area contributed by atoms with E-state index in [1.807, 2.05) is 29.2 Å². The van der Waals surface area contributed by atoms with Crippen LogP contribution in [0.4, 0.5) is 4.39 Å². The SMILES string of the molecule is O=C(c1cc(-c2ccc(F)cc2)nc2ccccc12)N1CCCC1c1nc(C2CCOCC2)no1. The average molecular weight is 473 g/mol. The number of nitrogens with zero attached hydrogens (tertiary/aromatic N) is 4. The van der Waals surface area contributed by atoms with Gasteiger partial charge in [0, 0.05) is 36.6 Å². The summed E-state index contributed by atoms with van der Waals surface area (Å²) in [5.74, 6) is 1.02. The third kappa shape index (κ3) is 4.18. The van der Waals surface area contributed by atoms with Crippen molar-refractivity contribution in [3.63, 3.8) is 0 Å². The van der Waals surface area contributed by atoms with E-state index in [2.05, 4.69) is 5.16 Å². The second kappa shape index (κ2) is 9.19. The summed E-state index contributed by atoms with van der Waals surface area (Å²) in [7, 11) is 0. The number of fused-ring (bicyclic) bond motifs is 1. The maximum absolute atomic E-state index is 13.9. The molecule has 0 aliphatic carbocycles. The Balaban J connectivity index is 1.35. The lowest BCUT2D eigenvalue weighted by molar-refractivity contribution is 0.0712. The van der Waals surface area contributed by atoms with Crippen molar-refractivity contribution in [3.8, 4) is 11.3 Å². The van der Waals surface area contributed by atoms with Gasteiger partial charge in [0.2, 0.25) is 5.89 Å². The lowest BCUT2D eigenvalue weighted by Crippen LogP contribution is -2.31. The number of rotatable bonds is 4. The number of para-hydroxylation sites is 1. The highest BCUT2D eigenvalue weighted by molar-refractivity contribution is 6.07. The predicted octanol–water partition coefficient (Wildman–Crippen LogP) is 5.30. The van der Waals surface area contributed by atoms with E-state index in [1.165, 1.54) is 12.1 Å². The van der Waals surface area contributed by atoms with Gasteiger partial charge in [-0.1, -0.05) is 23.4 Å². The number of aromatic nitrogens is 3. The normalized spacial score (nSPS) is 18.9. The first kappa shape index (κ1) is 21.9. The van der Waals surface area contributed by atoms with Crippen molar-refractivity contribution in [2.24, 2.45) is 0 Å². The van der Waals surface area contributed by atoms with E-state index in [0.29, 0.717) is 48.2 Å². The molecule has 2 aromatic carbocycles. The van der Waals surface area contributed by atoms with E-state index >= 15 is 0 Å². The fourth-order valence-electron chi connectivity index (χ4n) is 5.05. The number of likely N-dealkylation sites (tertiary alicyclic amines) is 1. The lowest BCUT2D eigenvalue weighted by Gasteiger charge is -2.23. The van der Waals surface area contributed by atoms with Crippen LogP contribution in [0.3, 0.4) is 0 Å². The molecule has 178 valence electrons. The quantitative estimate of drug-likeness (QED) is 0.401. The van der Waals surface area contributed by atoms with Gasteiger partial charge in [-0.15, -0.1) is 0 Å². The van der Waals surface area contributed by atoms with E-state index in [1.54, 1.807) is 18.2 Å². The Morgan fingerprint density at radius 3 is 2.63 bits per heavy atom. The van der Waals surface area contributed by atoms with Crippen LogP contribution in [0, 0.1) is 5.82 Å². The number of halogens is 1. The number of carbonyl (C=O) groups is 1. The summed E-state index contributed by atoms with van der Waals surface area (Å²) in [6.45, 7) is 2.02. The number of amides is 1. The van der Waals surface area contributed by atoms with Crippen LogP contribution in [0.25, 0.3) is 22.2 Å². The van der Waals surface area contributed by atoms with Crippen LogP contribution in [0.15, 0.2) is 59.1 Å². The van der Waals surface area contributed by atoms with Crippen LogP contribution < -0.4 is 0 Å². The highest BCUT2D eigenvalue weighted by Gasteiger charge is 2.36. The fraction of sp³-hybridized carbons (Fsp3) is 0.333. The van der Waals surface area contributed by atoms with E-state index in [0.717, 1.165) is 36.6 Å². The van der Waals surface area contributed by atoms with Crippen molar-refractivity contribution in [3.05, 3.63) is 77.7 Å². The third-order valence-corrected chi connectivity index (χ3v) is 6.93. The van der Waals surface area contributed by atoms with E-state index in [-0.39, 0.29) is 23.7 Å². The summed E-state index contributed by atoms with van der Waals surface area (Å²) in [6, 6.07) is 15.3. The molecule has 6 rings (SSSR count). The van der Waals surface area contributed by atoms with Crippen LogP contribution in [-0.2, 0) is 4.74 Å². The second-order valence-corrected chi connectivity index (χ2v) is 9.11. The molecule has 0 spiro atoms. The molecule has 2 aromatic heterocycles. The molecule has 1 amide bonds. The Hall–Kier alpha value is -3.65. The smallest absolute Gasteiger partial charge is 0.255 e. The first-order chi connectivity index (χ1) is 17.2. The Labute approximate surface area is 201 Å². The summed E-state index contributed by atoms with van der Waals surface area (Å²) in [4.78, 5) is 25.2. The van der Waals surface area contributed by atoms with E-state index in [4.69, 9.17) is 19.2 Å². The van der Waals surface area contributed by atoms with Gasteiger partial charge in [0.25, 0.3) is 5.91 Å². The van der Waals surface area contributed by atoms with Gasteiger partial charge in [0.05, 0.1) is 16.8 Å². The summed E-state index contributed by atoms with van der Waals surface area (Å²) in [6.07, 6.45) is 3.39. The highest BCUT2D eigenvalue weighted by atomic mass is 19.1. The molecule has 8 heteroatoms. The average Bonchev–Trinajstić information content (AvgIpc) is 3.59. The van der Waals surface area contributed by atoms with Gasteiger partial charge < -0.3 is 14.2 Å². The summed E-state index contributed by atoms with van der Waals surface area (Å²) in [5.41, 5.74) is 2.66. The second-order valence-electron chi connectivity index (χ2n) is 9.11. The number of pyridine rings is 1. The standard InChI is InChI=1S/C27H25FN4O3/c28-19-9-7-17(8-10-19)23-16-21(20-4-1-2-5-22(20)29-23)27(33)32-13-3-6-24(32)26-30-25(31-35-26)18-11-14-34-15-12-18/h1-2,4-5,7-10,16,18,24H,3,6,11-15H2. The molecule has 2 fully saturated rings. The molecule has 2 aliphatic rings. The molecule has 0 radical (unpaired) electrons. The maximum atomic E-state index is 13.9. The zero-order valence-electron chi connectivity index (χ0n) is 19.2. The monoisotopic (exact) mass is 472 g/mol. The van der Waals surface area contributed by atoms with Crippen molar-refractivity contribution >= 4 is 16.8 Å². The van der Waals surface area contributed by atoms with Gasteiger partial charge in [0.15, 0.2) is 5.82 Å². The van der Waals surface area contributed by atoms with Crippen LogP contribution in [0.5, 0.6) is 0 Å². The predicted molar refractivity (Wildman–Crippen MR) is 127 cm³/mol. The first-order valence-electron chi connectivity index (χ1n) is 12.1. The number of ether oxygens (including phenoxy) is 1. The summed E-state index contributed by atoms with van der Waals surface area (Å²) >= 11 is 0. The van der Waals surface area contributed by atoms with Crippen LogP contribution in [-0.4, -0.2) is 45.7 Å². The molecule has 35 heavy (non-hydrogen) atoms. The van der Waals surface area contributed by atoms with Gasteiger partial charge in [-0.3, -0.25) is 4.79 Å². The van der Waals surface area contributed by atoms with Crippen molar-refractivity contribution in [1.29, 1.82) is 0 Å². The van der Waals surface area contributed by atoms with Crippen LogP contribution in [0.1, 0.15) is 59.7 Å². The van der Waals surface area contributed by atoms with Crippen molar-refractivity contribution in [2.75, 3.05) is 19.8 Å². The number of carbonyl (C=O) groups excluding carboxylic acids is 1. The van der Waals surface area contributed by atoms with Gasteiger partial charge in [-0.25, -0.2) is 9.37 Å². The molecule has 4 aromatic rings. The Morgan fingerprint density at radius 1 is 1.00 bits per heavy atom. The third-order valence-electron chi connectivity index (χ3n) is 6.93. The van der Waals surface area contributed by atoms with Crippen LogP contribution >= 0.6 is 0 Å². The van der Waals surface area contributed by atoms with Gasteiger partial charge >= 0.3 is 0 Å². The molecule has 2 aliphatic heterocycles. The minimum atomic E-state index is -0.314. The van der Waals surface area contributed by atoms with Gasteiger partial charge in [0.1, 0.15) is 11.9 Å². The molecule has 0 bridgehead atoms. The van der Waals surface area contributed by atoms with Crippen molar-refractivity contribution in [2.45, 2.75) is 37.6 Å². The van der Waals surface area contributed by atoms with E-state index in [9.17, 15) is 9.18 Å². The first-order valence-corrected chi connectivity index (χ1v) is 12.1. The van der Waals surface area contributed by atoms with Crippen molar-refractivity contribution < 1.29 is 18.4 Å². The number of hydrogen-bond donors (Lipinski definition) is 0. The Morgan fingerprint density at radius 2 is 1.80 bits per heavy atom. The molecule has 0 N–H and O–H groups in total. The minimum absolute atomic E-state index is 0.0970. The van der Waals surface area contributed by atoms with Gasteiger partial charge in [-0.05, 0) is 62.1 Å². The molecule has 1 atom stereocenters. The van der Waals surface area contributed by atoms with Crippen molar-refractivity contribution in [1.82, 2.24) is 20.0 Å². The van der Waals surface area contributed by atoms with Gasteiger partial charge in [-0.2, -0.15) is 4.98 Å². The number of benzene rings is 2. The molecule has 2 saturated heterocycles. The maximum Gasteiger partial charge on any atom is 0.255 e. The topological polar surface area (TPSA) is 81.4 Å². The number of hydrogen-bond acceptors (Lipinski definition) is 6. The minimum Gasteiger partial charge on any atom is -0.381 e. The molecular formula is C27H25FN4O3. The molecule has 7 nitrogen and oxygen atoms in total. The molecule has 1 unspecified atom stereocenters. The fourth-order valence-corrected chi connectivity index (χ4v) is 5.05. The molecule has 4 heterocycles. The zero-order chi connectivity index (χ0) is 23.8. The lowest BCUT2D eigenvalue weighted by atomic mass is 10.00. The van der Waals surface area contributed by atoms with E-state index < -0.39 is 0 Å². The highest BCUT2D eigenvalue weighted by Crippen LogP contribution is 2.35. The Kier molecular flexibility index (Phi) is 5.74.